The van der Waals surface area contributed by atoms with Crippen LogP contribution in [0, 0.1) is 23.7 Å². The first-order chi connectivity index (χ1) is 14.6. The molecule has 0 radical (unpaired) electrons. The van der Waals surface area contributed by atoms with Crippen LogP contribution in [0.3, 0.4) is 0 Å². The molecule has 0 bridgehead atoms. The molecule has 2 aromatic rings. The van der Waals surface area contributed by atoms with Crippen molar-refractivity contribution in [3.8, 4) is 23.7 Å². The summed E-state index contributed by atoms with van der Waals surface area (Å²) in [6, 6.07) is 10.5. The topological polar surface area (TPSA) is 98.7 Å². The molecule has 0 spiro atoms. The van der Waals surface area contributed by atoms with E-state index in [2.05, 4.69) is 23.7 Å². The van der Waals surface area contributed by atoms with Gasteiger partial charge in [-0.05, 0) is 67.3 Å². The molecular weight excluding hydrogens is 430 g/mol. The molecule has 9 heteroatoms. The van der Waals surface area contributed by atoms with Gasteiger partial charge in [-0.3, -0.25) is 14.8 Å². The first-order valence-corrected chi connectivity index (χ1v) is 9.16. The number of benzene rings is 2. The highest BCUT2D eigenvalue weighted by Crippen LogP contribution is 2.20. The Labute approximate surface area is 182 Å². The Morgan fingerprint density at radius 1 is 1.00 bits per heavy atom. The second kappa shape index (κ2) is 10.6. The third kappa shape index (κ3) is 6.53. The van der Waals surface area contributed by atoms with Crippen molar-refractivity contribution in [3.05, 3.63) is 70.2 Å². The number of amides is 2. The average Bonchev–Trinajstić information content (AvgIpc) is 2.75. The van der Waals surface area contributed by atoms with E-state index in [-0.39, 0.29) is 5.56 Å². The minimum atomic E-state index is -3.36. The van der Waals surface area contributed by atoms with Crippen LogP contribution in [0.25, 0.3) is 0 Å². The molecule has 160 valence electrons. The third-order valence-electron chi connectivity index (χ3n) is 4.14. The summed E-state index contributed by atoms with van der Waals surface area (Å²) in [7, 11) is 0. The largest absolute Gasteiger partial charge is 0.381 e. The summed E-state index contributed by atoms with van der Waals surface area (Å²) >= 11 is 5.79. The van der Waals surface area contributed by atoms with Gasteiger partial charge in [0.2, 0.25) is 0 Å². The Balaban J connectivity index is 2.10. The molecule has 0 saturated carbocycles. The van der Waals surface area contributed by atoms with Crippen molar-refractivity contribution in [2.45, 2.75) is 25.0 Å². The Bertz CT molecular complexity index is 1060. The van der Waals surface area contributed by atoms with Crippen molar-refractivity contribution in [1.29, 1.82) is 0 Å². The predicted molar refractivity (Wildman–Crippen MR) is 109 cm³/mol. The molecule has 6 nitrogen and oxygen atoms in total. The van der Waals surface area contributed by atoms with Crippen LogP contribution in [-0.2, 0) is 4.79 Å². The molecule has 0 aliphatic rings. The maximum Gasteiger partial charge on any atom is 0.269 e. The highest BCUT2D eigenvalue weighted by atomic mass is 35.5. The van der Waals surface area contributed by atoms with E-state index >= 15 is 0 Å². The van der Waals surface area contributed by atoms with Gasteiger partial charge in [0, 0.05) is 21.7 Å². The van der Waals surface area contributed by atoms with Gasteiger partial charge in [0.05, 0.1) is 0 Å². The van der Waals surface area contributed by atoms with Crippen molar-refractivity contribution >= 4 is 23.4 Å². The van der Waals surface area contributed by atoms with Gasteiger partial charge in [0.1, 0.15) is 6.04 Å². The monoisotopic (exact) mass is 446 g/mol. The zero-order valence-electron chi connectivity index (χ0n) is 16.1. The first kappa shape index (κ1) is 23.8. The third-order valence-corrected chi connectivity index (χ3v) is 4.39. The van der Waals surface area contributed by atoms with Crippen LogP contribution in [0.4, 0.5) is 8.78 Å². The van der Waals surface area contributed by atoms with Crippen LogP contribution in [0.5, 0.6) is 0 Å². The second-order valence-electron chi connectivity index (χ2n) is 6.49. The molecule has 2 amide bonds. The van der Waals surface area contributed by atoms with E-state index in [0.717, 1.165) is 11.0 Å². The van der Waals surface area contributed by atoms with Gasteiger partial charge in [-0.25, -0.2) is 14.3 Å². The number of alkyl halides is 2. The van der Waals surface area contributed by atoms with Crippen LogP contribution in [0.2, 0.25) is 5.02 Å². The maximum absolute atomic E-state index is 13.0. The summed E-state index contributed by atoms with van der Waals surface area (Å²) in [6.07, 6.45) is -3.36. The predicted octanol–water partition coefficient (Wildman–Crippen LogP) is 2.36. The molecule has 2 aromatic carbocycles. The van der Waals surface area contributed by atoms with Gasteiger partial charge in [-0.1, -0.05) is 23.4 Å². The Morgan fingerprint density at radius 3 is 1.94 bits per heavy atom. The van der Waals surface area contributed by atoms with Crippen molar-refractivity contribution in [2.75, 3.05) is 0 Å². The van der Waals surface area contributed by atoms with Gasteiger partial charge < -0.3 is 10.4 Å². The zero-order chi connectivity index (χ0) is 23.0. The normalized spacial score (nSPS) is 13.0. The summed E-state index contributed by atoms with van der Waals surface area (Å²) in [5.41, 5.74) is -0.453. The van der Waals surface area contributed by atoms with Gasteiger partial charge in [0.25, 0.3) is 18.2 Å². The number of carbonyl (C=O) groups is 2. The standard InChI is InChI=1S/C22H17ClF2N2O4/c1-22(30,21(24)25)18(20(29)27-31)26-19(28)16-10-6-14(7-11-16)4-2-3-5-15-8-12-17(23)13-9-15/h6-13,18,21,30-31H,1H3,(H,26,28)(H,27,29). The number of halogens is 3. The molecule has 0 fully saturated rings. The first-order valence-electron chi connectivity index (χ1n) is 8.78. The SMILES string of the molecule is CC(O)(C(F)F)C(NC(=O)c1ccc(C#CC#Cc2ccc(Cl)cc2)cc1)C(=O)NO. The minimum Gasteiger partial charge on any atom is -0.381 e. The van der Waals surface area contributed by atoms with Crippen LogP contribution >= 0.6 is 11.6 Å². The molecule has 31 heavy (non-hydrogen) atoms. The lowest BCUT2D eigenvalue weighted by molar-refractivity contribution is -0.149. The summed E-state index contributed by atoms with van der Waals surface area (Å²) < 4.78 is 26.1. The lowest BCUT2D eigenvalue weighted by Gasteiger charge is -2.30. The average molecular weight is 447 g/mol. The lowest BCUT2D eigenvalue weighted by atomic mass is 9.95. The van der Waals surface area contributed by atoms with Crippen molar-refractivity contribution in [2.24, 2.45) is 0 Å². The maximum atomic E-state index is 13.0. The van der Waals surface area contributed by atoms with E-state index in [1.165, 1.54) is 24.3 Å². The number of rotatable bonds is 5. The van der Waals surface area contributed by atoms with Crippen LogP contribution in [0.1, 0.15) is 28.4 Å². The molecular formula is C22H17ClF2N2O4. The van der Waals surface area contributed by atoms with Crippen molar-refractivity contribution < 1.29 is 28.7 Å². The van der Waals surface area contributed by atoms with Crippen molar-refractivity contribution in [1.82, 2.24) is 10.8 Å². The smallest absolute Gasteiger partial charge is 0.269 e. The summed E-state index contributed by atoms with van der Waals surface area (Å²) in [5.74, 6) is 8.67. The van der Waals surface area contributed by atoms with Gasteiger partial charge >= 0.3 is 0 Å². The summed E-state index contributed by atoms with van der Waals surface area (Å²) in [4.78, 5) is 23.9. The number of nitrogens with one attached hydrogen (secondary N) is 2. The number of carbonyl (C=O) groups excluding carboxylic acids is 2. The van der Waals surface area contributed by atoms with Crippen molar-refractivity contribution in [3.63, 3.8) is 0 Å². The molecule has 0 saturated heterocycles. The molecule has 0 aromatic heterocycles. The zero-order valence-corrected chi connectivity index (χ0v) is 16.9. The molecule has 2 unspecified atom stereocenters. The number of hydrogen-bond donors (Lipinski definition) is 4. The van der Waals surface area contributed by atoms with E-state index in [9.17, 15) is 23.5 Å². The summed E-state index contributed by atoms with van der Waals surface area (Å²) in [5, 5.41) is 21.1. The number of hydrogen-bond acceptors (Lipinski definition) is 4. The quantitative estimate of drug-likeness (QED) is 0.322. The van der Waals surface area contributed by atoms with Crippen LogP contribution in [-0.4, -0.2) is 40.2 Å². The Hall–Kier alpha value is -3.43. The van der Waals surface area contributed by atoms with Crippen LogP contribution < -0.4 is 10.8 Å². The second-order valence-corrected chi connectivity index (χ2v) is 6.93. The van der Waals surface area contributed by atoms with Gasteiger partial charge in [0.15, 0.2) is 5.60 Å². The molecule has 4 N–H and O–H groups in total. The van der Waals surface area contributed by atoms with Gasteiger partial charge in [-0.2, -0.15) is 0 Å². The Kier molecular flexibility index (Phi) is 8.12. The molecule has 2 rings (SSSR count). The lowest BCUT2D eigenvalue weighted by Crippen LogP contribution is -2.61. The molecule has 2 atom stereocenters. The number of aliphatic hydroxyl groups is 1. The fourth-order valence-electron chi connectivity index (χ4n) is 2.33. The Morgan fingerprint density at radius 2 is 1.48 bits per heavy atom. The minimum absolute atomic E-state index is 0.0265. The van der Waals surface area contributed by atoms with E-state index in [1.807, 2.05) is 5.32 Å². The molecule has 0 aliphatic heterocycles. The fraction of sp³-hybridized carbons (Fsp3) is 0.182. The van der Waals surface area contributed by atoms with E-state index in [1.54, 1.807) is 24.3 Å². The summed E-state index contributed by atoms with van der Waals surface area (Å²) in [6.45, 7) is 0.668. The van der Waals surface area contributed by atoms with E-state index in [4.69, 9.17) is 16.8 Å². The van der Waals surface area contributed by atoms with E-state index < -0.39 is 29.9 Å². The molecule has 0 heterocycles. The highest BCUT2D eigenvalue weighted by molar-refractivity contribution is 6.30. The van der Waals surface area contributed by atoms with Crippen LogP contribution in [0.15, 0.2) is 48.5 Å². The van der Waals surface area contributed by atoms with Gasteiger partial charge in [-0.15, -0.1) is 0 Å². The molecule has 0 aliphatic carbocycles. The highest BCUT2D eigenvalue weighted by Gasteiger charge is 2.46. The number of hydroxylamine groups is 1. The van der Waals surface area contributed by atoms with E-state index in [0.29, 0.717) is 17.5 Å². The fourth-order valence-corrected chi connectivity index (χ4v) is 2.45.